The van der Waals surface area contributed by atoms with E-state index in [-0.39, 0.29) is 11.9 Å². The van der Waals surface area contributed by atoms with Gasteiger partial charge >= 0.3 is 0 Å². The Bertz CT molecular complexity index is 379. The summed E-state index contributed by atoms with van der Waals surface area (Å²) in [5.74, 6) is 1.27. The minimum atomic E-state index is -0.316. The highest BCUT2D eigenvalue weighted by molar-refractivity contribution is 5.31. The van der Waals surface area contributed by atoms with Crippen molar-refractivity contribution in [3.8, 4) is 5.75 Å². The van der Waals surface area contributed by atoms with E-state index in [9.17, 15) is 4.39 Å². The number of ether oxygens (including phenoxy) is 1. The predicted octanol–water partition coefficient (Wildman–Crippen LogP) is 3.78. The molecule has 0 heterocycles. The Balaban J connectivity index is 2.64. The Morgan fingerprint density at radius 2 is 1.89 bits per heavy atom. The molecule has 0 radical (unpaired) electrons. The average molecular weight is 253 g/mol. The van der Waals surface area contributed by atoms with Crippen LogP contribution in [0.4, 0.5) is 4.39 Å². The minimum Gasteiger partial charge on any atom is -0.494 e. The normalized spacial score (nSPS) is 14.6. The van der Waals surface area contributed by atoms with Crippen molar-refractivity contribution < 1.29 is 9.13 Å². The highest BCUT2D eigenvalue weighted by Crippen LogP contribution is 2.22. The summed E-state index contributed by atoms with van der Waals surface area (Å²) >= 11 is 0. The van der Waals surface area contributed by atoms with Crippen LogP contribution >= 0.6 is 0 Å². The van der Waals surface area contributed by atoms with Crippen molar-refractivity contribution in [1.82, 2.24) is 5.32 Å². The second kappa shape index (κ2) is 6.74. The largest absolute Gasteiger partial charge is 0.494 e. The summed E-state index contributed by atoms with van der Waals surface area (Å²) in [4.78, 5) is 0. The van der Waals surface area contributed by atoms with Crippen molar-refractivity contribution in [2.45, 2.75) is 33.7 Å². The number of hydrogen-bond donors (Lipinski definition) is 1. The molecule has 0 saturated carbocycles. The summed E-state index contributed by atoms with van der Waals surface area (Å²) in [6, 6.07) is 5.21. The van der Waals surface area contributed by atoms with Crippen LogP contribution < -0.4 is 10.1 Å². The first-order valence-corrected chi connectivity index (χ1v) is 6.52. The van der Waals surface area contributed by atoms with Gasteiger partial charge in [-0.05, 0) is 43.0 Å². The average Bonchev–Trinajstić information content (AvgIpc) is 2.35. The van der Waals surface area contributed by atoms with Crippen LogP contribution in [-0.2, 0) is 0 Å². The molecule has 0 spiro atoms. The quantitative estimate of drug-likeness (QED) is 0.833. The van der Waals surface area contributed by atoms with E-state index in [0.717, 1.165) is 12.1 Å². The van der Waals surface area contributed by atoms with Gasteiger partial charge in [0.1, 0.15) is 0 Å². The van der Waals surface area contributed by atoms with E-state index in [1.165, 1.54) is 13.2 Å². The van der Waals surface area contributed by atoms with Crippen LogP contribution in [0.25, 0.3) is 0 Å². The van der Waals surface area contributed by atoms with E-state index in [1.807, 2.05) is 0 Å². The number of rotatable bonds is 6. The van der Waals surface area contributed by atoms with Crippen molar-refractivity contribution in [2.24, 2.45) is 11.8 Å². The van der Waals surface area contributed by atoms with E-state index in [4.69, 9.17) is 4.74 Å². The molecule has 1 aromatic rings. The number of halogens is 1. The highest BCUT2D eigenvalue weighted by Gasteiger charge is 2.12. The topological polar surface area (TPSA) is 21.3 Å². The molecule has 0 amide bonds. The van der Waals surface area contributed by atoms with Crippen LogP contribution in [0, 0.1) is 17.7 Å². The summed E-state index contributed by atoms with van der Waals surface area (Å²) in [6.45, 7) is 9.71. The maximum absolute atomic E-state index is 13.3. The molecule has 0 aromatic heterocycles. The Morgan fingerprint density at radius 3 is 2.44 bits per heavy atom. The van der Waals surface area contributed by atoms with Crippen LogP contribution in [0.2, 0.25) is 0 Å². The van der Waals surface area contributed by atoms with Gasteiger partial charge in [-0.15, -0.1) is 0 Å². The van der Waals surface area contributed by atoms with Gasteiger partial charge in [-0.1, -0.05) is 26.8 Å². The van der Waals surface area contributed by atoms with E-state index >= 15 is 0 Å². The first kappa shape index (κ1) is 15.0. The molecule has 2 unspecified atom stereocenters. The number of benzene rings is 1. The number of methoxy groups -OCH3 is 1. The van der Waals surface area contributed by atoms with Gasteiger partial charge in [0.25, 0.3) is 0 Å². The fourth-order valence-electron chi connectivity index (χ4n) is 1.66. The highest BCUT2D eigenvalue weighted by atomic mass is 19.1. The second-order valence-corrected chi connectivity index (χ2v) is 5.25. The molecule has 0 bridgehead atoms. The summed E-state index contributed by atoms with van der Waals surface area (Å²) in [7, 11) is 1.49. The predicted molar refractivity (Wildman–Crippen MR) is 73.4 cm³/mol. The van der Waals surface area contributed by atoms with Gasteiger partial charge in [-0.3, -0.25) is 0 Å². The molecule has 0 fully saturated rings. The lowest BCUT2D eigenvalue weighted by Crippen LogP contribution is -2.26. The molecule has 1 N–H and O–H groups in total. The molecule has 0 aliphatic heterocycles. The second-order valence-electron chi connectivity index (χ2n) is 5.25. The monoisotopic (exact) mass is 253 g/mol. The minimum absolute atomic E-state index is 0.195. The van der Waals surface area contributed by atoms with E-state index in [1.54, 1.807) is 12.1 Å². The third kappa shape index (κ3) is 3.98. The molecule has 1 rings (SSSR count). The van der Waals surface area contributed by atoms with Crippen molar-refractivity contribution in [1.29, 1.82) is 0 Å². The molecular weight excluding hydrogens is 229 g/mol. The lowest BCUT2D eigenvalue weighted by molar-refractivity contribution is 0.371. The third-order valence-electron chi connectivity index (χ3n) is 3.56. The SMILES string of the molecule is COc1cc(C(C)NCC(C)C(C)C)ccc1F. The van der Waals surface area contributed by atoms with Gasteiger partial charge in [0.2, 0.25) is 0 Å². The van der Waals surface area contributed by atoms with Crippen LogP contribution in [0.15, 0.2) is 18.2 Å². The Kier molecular flexibility index (Phi) is 5.60. The smallest absolute Gasteiger partial charge is 0.165 e. The summed E-state index contributed by atoms with van der Waals surface area (Å²) in [5.41, 5.74) is 1.05. The maximum Gasteiger partial charge on any atom is 0.165 e. The van der Waals surface area contributed by atoms with Gasteiger partial charge in [0.05, 0.1) is 7.11 Å². The molecule has 2 nitrogen and oxygen atoms in total. The summed E-state index contributed by atoms with van der Waals surface area (Å²) < 4.78 is 18.3. The summed E-state index contributed by atoms with van der Waals surface area (Å²) in [6.07, 6.45) is 0. The molecule has 3 heteroatoms. The molecule has 0 saturated heterocycles. The van der Waals surface area contributed by atoms with E-state index in [0.29, 0.717) is 17.6 Å². The van der Waals surface area contributed by atoms with Gasteiger partial charge in [0, 0.05) is 6.04 Å². The standard InChI is InChI=1S/C15H24FNO/c1-10(2)11(3)9-17-12(4)13-6-7-14(16)15(8-13)18-5/h6-8,10-12,17H,9H2,1-5H3. The van der Waals surface area contributed by atoms with Crippen LogP contribution in [0.3, 0.4) is 0 Å². The van der Waals surface area contributed by atoms with Crippen molar-refractivity contribution in [2.75, 3.05) is 13.7 Å². The van der Waals surface area contributed by atoms with Crippen molar-refractivity contribution in [3.63, 3.8) is 0 Å². The Hall–Kier alpha value is -1.09. The molecule has 0 aliphatic carbocycles. The molecule has 2 atom stereocenters. The first-order chi connectivity index (χ1) is 8.45. The Morgan fingerprint density at radius 1 is 1.22 bits per heavy atom. The fourth-order valence-corrected chi connectivity index (χ4v) is 1.66. The zero-order valence-electron chi connectivity index (χ0n) is 12.0. The summed E-state index contributed by atoms with van der Waals surface area (Å²) in [5, 5.41) is 3.47. The zero-order valence-corrected chi connectivity index (χ0v) is 12.0. The van der Waals surface area contributed by atoms with Crippen molar-refractivity contribution in [3.05, 3.63) is 29.6 Å². The Labute approximate surface area is 110 Å². The van der Waals surface area contributed by atoms with Gasteiger partial charge < -0.3 is 10.1 Å². The lowest BCUT2D eigenvalue weighted by Gasteiger charge is -2.20. The molecule has 0 aliphatic rings. The van der Waals surface area contributed by atoms with E-state index in [2.05, 4.69) is 33.0 Å². The third-order valence-corrected chi connectivity index (χ3v) is 3.56. The van der Waals surface area contributed by atoms with Crippen molar-refractivity contribution >= 4 is 0 Å². The number of nitrogens with one attached hydrogen (secondary N) is 1. The zero-order chi connectivity index (χ0) is 13.7. The van der Waals surface area contributed by atoms with Gasteiger partial charge in [-0.25, -0.2) is 4.39 Å². The van der Waals surface area contributed by atoms with Crippen LogP contribution in [-0.4, -0.2) is 13.7 Å². The van der Waals surface area contributed by atoms with E-state index < -0.39 is 0 Å². The first-order valence-electron chi connectivity index (χ1n) is 6.52. The van der Waals surface area contributed by atoms with Gasteiger partial charge in [-0.2, -0.15) is 0 Å². The van der Waals surface area contributed by atoms with Gasteiger partial charge in [0.15, 0.2) is 11.6 Å². The molecule has 1 aromatic carbocycles. The molecular formula is C15H24FNO. The lowest BCUT2D eigenvalue weighted by atomic mass is 9.97. The van der Waals surface area contributed by atoms with Crippen LogP contribution in [0.1, 0.15) is 39.3 Å². The maximum atomic E-state index is 13.3. The number of hydrogen-bond acceptors (Lipinski definition) is 2. The molecule has 102 valence electrons. The van der Waals surface area contributed by atoms with Crippen LogP contribution in [0.5, 0.6) is 5.75 Å². The molecule has 18 heavy (non-hydrogen) atoms. The fraction of sp³-hybridized carbons (Fsp3) is 0.600.